The van der Waals surface area contributed by atoms with Gasteiger partial charge >= 0.3 is 5.97 Å². The molecule has 1 amide bonds. The molecule has 0 fully saturated rings. The summed E-state index contributed by atoms with van der Waals surface area (Å²) in [4.78, 5) is 24.7. The maximum absolute atomic E-state index is 12.5. The zero-order valence-corrected chi connectivity index (χ0v) is 17.9. The molecule has 0 aromatic heterocycles. The molecule has 0 aliphatic carbocycles. The zero-order valence-electron chi connectivity index (χ0n) is 16.3. The average molecular weight is 473 g/mol. The molecule has 4 aromatic rings. The maximum Gasteiger partial charge on any atom is 0.343 e. The topological polar surface area (TPSA) is 67.8 Å². The lowest BCUT2D eigenvalue weighted by molar-refractivity contribution is 0.0734. The van der Waals surface area contributed by atoms with Gasteiger partial charge in [0.2, 0.25) is 0 Å². The first kappa shape index (κ1) is 20.5. The molecular formula is C25H17BrN2O3. The van der Waals surface area contributed by atoms with Crippen molar-refractivity contribution in [1.29, 1.82) is 0 Å². The van der Waals surface area contributed by atoms with E-state index in [0.29, 0.717) is 16.9 Å². The number of hydrogen-bond acceptors (Lipinski definition) is 4. The highest BCUT2D eigenvalue weighted by atomic mass is 79.9. The van der Waals surface area contributed by atoms with Crippen LogP contribution in [0.25, 0.3) is 10.8 Å². The standard InChI is InChI=1S/C25H17BrN2O3/c26-20-12-10-19(11-13-20)25(30)31-21-14-8-17(9-15-21)16-27-28-24(29)23-7-3-5-18-4-1-2-6-22(18)23/h1-16H,(H,28,29)/b27-16-. The summed E-state index contributed by atoms with van der Waals surface area (Å²) in [5.74, 6) is -0.297. The third kappa shape index (κ3) is 5.05. The van der Waals surface area contributed by atoms with E-state index in [1.54, 1.807) is 54.6 Å². The Kier molecular flexibility index (Phi) is 6.19. The van der Waals surface area contributed by atoms with Crippen LogP contribution in [-0.4, -0.2) is 18.1 Å². The fraction of sp³-hybridized carbons (Fsp3) is 0. The van der Waals surface area contributed by atoms with Gasteiger partial charge in [-0.05, 0) is 70.9 Å². The number of nitrogens with zero attached hydrogens (tertiary/aromatic N) is 1. The summed E-state index contributed by atoms with van der Waals surface area (Å²) in [6.45, 7) is 0. The molecule has 0 aliphatic heterocycles. The van der Waals surface area contributed by atoms with Crippen molar-refractivity contribution in [3.63, 3.8) is 0 Å². The first-order valence-corrected chi connectivity index (χ1v) is 10.3. The highest BCUT2D eigenvalue weighted by molar-refractivity contribution is 9.10. The van der Waals surface area contributed by atoms with Crippen LogP contribution in [-0.2, 0) is 0 Å². The van der Waals surface area contributed by atoms with E-state index in [0.717, 1.165) is 20.8 Å². The molecule has 0 saturated heterocycles. The van der Waals surface area contributed by atoms with E-state index in [2.05, 4.69) is 26.5 Å². The molecular weight excluding hydrogens is 456 g/mol. The molecule has 0 atom stereocenters. The normalized spacial score (nSPS) is 10.9. The molecule has 1 N–H and O–H groups in total. The minimum Gasteiger partial charge on any atom is -0.423 e. The molecule has 0 spiro atoms. The van der Waals surface area contributed by atoms with Gasteiger partial charge in [-0.25, -0.2) is 10.2 Å². The number of esters is 1. The minimum atomic E-state index is -0.434. The predicted octanol–water partition coefficient (Wildman–Crippen LogP) is 5.59. The number of carbonyl (C=O) groups excluding carboxylic acids is 2. The lowest BCUT2D eigenvalue weighted by Gasteiger charge is -2.05. The van der Waals surface area contributed by atoms with Gasteiger partial charge in [0.25, 0.3) is 5.91 Å². The van der Waals surface area contributed by atoms with E-state index in [-0.39, 0.29) is 5.91 Å². The van der Waals surface area contributed by atoms with Crippen molar-refractivity contribution in [2.75, 3.05) is 0 Å². The molecule has 0 saturated carbocycles. The Morgan fingerprint density at radius 1 is 0.839 bits per heavy atom. The monoisotopic (exact) mass is 472 g/mol. The number of amides is 1. The van der Waals surface area contributed by atoms with Crippen LogP contribution in [0.1, 0.15) is 26.3 Å². The van der Waals surface area contributed by atoms with Crippen LogP contribution in [0.4, 0.5) is 0 Å². The zero-order chi connectivity index (χ0) is 21.6. The van der Waals surface area contributed by atoms with Gasteiger partial charge < -0.3 is 4.74 Å². The van der Waals surface area contributed by atoms with Gasteiger partial charge in [-0.15, -0.1) is 0 Å². The van der Waals surface area contributed by atoms with Crippen molar-refractivity contribution < 1.29 is 14.3 Å². The molecule has 5 nitrogen and oxygen atoms in total. The second kappa shape index (κ2) is 9.36. The molecule has 0 radical (unpaired) electrons. The fourth-order valence-corrected chi connectivity index (χ4v) is 3.29. The number of ether oxygens (including phenoxy) is 1. The van der Waals surface area contributed by atoms with Gasteiger partial charge in [-0.3, -0.25) is 4.79 Å². The van der Waals surface area contributed by atoms with Crippen molar-refractivity contribution in [3.05, 3.63) is 112 Å². The Balaban J connectivity index is 1.38. The second-order valence-electron chi connectivity index (χ2n) is 6.69. The number of halogens is 1. The Morgan fingerprint density at radius 3 is 2.32 bits per heavy atom. The van der Waals surface area contributed by atoms with E-state index in [9.17, 15) is 9.59 Å². The van der Waals surface area contributed by atoms with Gasteiger partial charge in [0, 0.05) is 10.0 Å². The summed E-state index contributed by atoms with van der Waals surface area (Å²) in [6, 6.07) is 27.0. The second-order valence-corrected chi connectivity index (χ2v) is 7.61. The van der Waals surface area contributed by atoms with E-state index in [1.807, 2.05) is 36.4 Å². The van der Waals surface area contributed by atoms with Crippen LogP contribution in [0.5, 0.6) is 5.75 Å². The van der Waals surface area contributed by atoms with Crippen LogP contribution in [0.3, 0.4) is 0 Å². The predicted molar refractivity (Wildman–Crippen MR) is 125 cm³/mol. The first-order valence-electron chi connectivity index (χ1n) is 9.49. The summed E-state index contributed by atoms with van der Waals surface area (Å²) >= 11 is 3.33. The number of nitrogens with one attached hydrogen (secondary N) is 1. The molecule has 152 valence electrons. The van der Waals surface area contributed by atoms with E-state index in [1.165, 1.54) is 6.21 Å². The van der Waals surface area contributed by atoms with Crippen LogP contribution in [0, 0.1) is 0 Å². The number of carbonyl (C=O) groups is 2. The SMILES string of the molecule is O=C(Oc1ccc(/C=N\NC(=O)c2cccc3ccccc23)cc1)c1ccc(Br)cc1. The van der Waals surface area contributed by atoms with E-state index >= 15 is 0 Å². The summed E-state index contributed by atoms with van der Waals surface area (Å²) in [6.07, 6.45) is 1.53. The quantitative estimate of drug-likeness (QED) is 0.178. The maximum atomic E-state index is 12.5. The van der Waals surface area contributed by atoms with Crippen molar-refractivity contribution in [2.45, 2.75) is 0 Å². The lowest BCUT2D eigenvalue weighted by atomic mass is 10.0. The smallest absolute Gasteiger partial charge is 0.343 e. The number of hydrazone groups is 1. The molecule has 0 unspecified atom stereocenters. The Bertz CT molecular complexity index is 1260. The van der Waals surface area contributed by atoms with Crippen molar-refractivity contribution in [2.24, 2.45) is 5.10 Å². The highest BCUT2D eigenvalue weighted by Gasteiger charge is 2.09. The molecule has 6 heteroatoms. The van der Waals surface area contributed by atoms with Crippen LogP contribution >= 0.6 is 15.9 Å². The van der Waals surface area contributed by atoms with Crippen molar-refractivity contribution in [1.82, 2.24) is 5.43 Å². The molecule has 0 bridgehead atoms. The van der Waals surface area contributed by atoms with Gasteiger partial charge in [-0.1, -0.05) is 52.3 Å². The van der Waals surface area contributed by atoms with Gasteiger partial charge in [0.05, 0.1) is 11.8 Å². The van der Waals surface area contributed by atoms with Gasteiger partial charge in [-0.2, -0.15) is 5.10 Å². The summed E-state index contributed by atoms with van der Waals surface area (Å²) in [5, 5.41) is 5.90. The van der Waals surface area contributed by atoms with Crippen LogP contribution in [0.15, 0.2) is 101 Å². The third-order valence-corrected chi connectivity index (χ3v) is 5.11. The Morgan fingerprint density at radius 2 is 1.55 bits per heavy atom. The minimum absolute atomic E-state index is 0.284. The first-order chi connectivity index (χ1) is 15.1. The fourth-order valence-electron chi connectivity index (χ4n) is 3.02. The average Bonchev–Trinajstić information content (AvgIpc) is 2.80. The lowest BCUT2D eigenvalue weighted by Crippen LogP contribution is -2.17. The van der Waals surface area contributed by atoms with Crippen LogP contribution in [0.2, 0.25) is 0 Å². The molecule has 4 aromatic carbocycles. The number of benzene rings is 4. The van der Waals surface area contributed by atoms with E-state index < -0.39 is 5.97 Å². The molecule has 0 heterocycles. The molecule has 0 aliphatic rings. The Labute approximate surface area is 187 Å². The molecule has 4 rings (SSSR count). The van der Waals surface area contributed by atoms with Gasteiger partial charge in [0.15, 0.2) is 0 Å². The van der Waals surface area contributed by atoms with Crippen molar-refractivity contribution in [3.8, 4) is 5.75 Å². The number of hydrogen-bond donors (Lipinski definition) is 1. The third-order valence-electron chi connectivity index (χ3n) is 4.58. The Hall–Kier alpha value is -3.77. The summed E-state index contributed by atoms with van der Waals surface area (Å²) in [5.41, 5.74) is 4.33. The van der Waals surface area contributed by atoms with Crippen molar-refractivity contribution >= 4 is 44.8 Å². The van der Waals surface area contributed by atoms with E-state index in [4.69, 9.17) is 4.74 Å². The molecule has 31 heavy (non-hydrogen) atoms. The number of rotatable bonds is 5. The summed E-state index contributed by atoms with van der Waals surface area (Å²) in [7, 11) is 0. The van der Waals surface area contributed by atoms with Crippen LogP contribution < -0.4 is 10.2 Å². The van der Waals surface area contributed by atoms with Gasteiger partial charge in [0.1, 0.15) is 5.75 Å². The summed E-state index contributed by atoms with van der Waals surface area (Å²) < 4.78 is 6.26. The number of fused-ring (bicyclic) bond motifs is 1. The largest absolute Gasteiger partial charge is 0.423 e. The highest BCUT2D eigenvalue weighted by Crippen LogP contribution is 2.18.